The average molecular weight is 206 g/mol. The number of hydrogen-bond acceptors (Lipinski definition) is 1. The van der Waals surface area contributed by atoms with Crippen LogP contribution < -0.4 is 0 Å². The molecule has 0 aromatic heterocycles. The largest absolute Gasteiger partial charge is 0.146 e. The van der Waals surface area contributed by atoms with Crippen molar-refractivity contribution in [3.05, 3.63) is 34.9 Å². The van der Waals surface area contributed by atoms with Crippen LogP contribution in [0.5, 0.6) is 0 Å². The van der Waals surface area contributed by atoms with E-state index in [9.17, 15) is 0 Å². The van der Waals surface area contributed by atoms with E-state index in [0.717, 1.165) is 0 Å². The lowest BCUT2D eigenvalue weighted by atomic mass is 9.95. The Morgan fingerprint density at radius 3 is 2.36 bits per heavy atom. The Kier molecular flexibility index (Phi) is 2.61. The van der Waals surface area contributed by atoms with Gasteiger partial charge in [-0.05, 0) is 36.5 Å². The van der Waals surface area contributed by atoms with E-state index in [2.05, 4.69) is 57.7 Å². The van der Waals surface area contributed by atoms with Crippen molar-refractivity contribution in [1.82, 2.24) is 0 Å². The van der Waals surface area contributed by atoms with Gasteiger partial charge in [0.15, 0.2) is 0 Å². The minimum Gasteiger partial charge on any atom is -0.146 e. The molecule has 0 fully saturated rings. The molecule has 0 amide bonds. The van der Waals surface area contributed by atoms with Gasteiger partial charge in [-0.3, -0.25) is 0 Å². The van der Waals surface area contributed by atoms with Gasteiger partial charge in [0.05, 0.1) is 0 Å². The first-order valence-electron chi connectivity index (χ1n) is 5.38. The van der Waals surface area contributed by atoms with Gasteiger partial charge in [-0.25, -0.2) is 0 Å². The molecule has 0 N–H and O–H groups in total. The molecule has 0 bridgehead atoms. The monoisotopic (exact) mass is 206 g/mol. The van der Waals surface area contributed by atoms with E-state index in [1.165, 1.54) is 5.56 Å². The summed E-state index contributed by atoms with van der Waals surface area (Å²) in [4.78, 5) is 0. The topological polar surface area (TPSA) is 0 Å². The van der Waals surface area contributed by atoms with Crippen LogP contribution in [0.2, 0.25) is 0 Å². The van der Waals surface area contributed by atoms with E-state index < -0.39 is 0 Å². The number of benzene rings is 1. The van der Waals surface area contributed by atoms with Gasteiger partial charge in [0.1, 0.15) is 0 Å². The molecule has 0 aliphatic carbocycles. The number of fused-ring (bicyclic) bond motifs is 1. The number of thioether (sulfide) groups is 1. The second-order valence-corrected chi connectivity index (χ2v) is 6.15. The van der Waals surface area contributed by atoms with E-state index in [4.69, 9.17) is 0 Å². The third-order valence-corrected chi connectivity index (χ3v) is 4.39. The lowest BCUT2D eigenvalue weighted by Gasteiger charge is -2.10. The summed E-state index contributed by atoms with van der Waals surface area (Å²) in [5, 5.41) is 1.36. The van der Waals surface area contributed by atoms with Crippen molar-refractivity contribution in [2.75, 3.05) is 0 Å². The van der Waals surface area contributed by atoms with E-state index in [0.29, 0.717) is 16.4 Å². The molecule has 2 rings (SSSR count). The summed E-state index contributed by atoms with van der Waals surface area (Å²) in [6.45, 7) is 9.15. The number of hydrogen-bond donors (Lipinski definition) is 0. The highest BCUT2D eigenvalue weighted by Crippen LogP contribution is 2.50. The average Bonchev–Trinajstić information content (AvgIpc) is 2.42. The molecule has 1 aliphatic rings. The molecule has 2 atom stereocenters. The molecule has 1 heterocycles. The third kappa shape index (κ3) is 1.58. The molecule has 1 aliphatic heterocycles. The Hall–Kier alpha value is -0.430. The van der Waals surface area contributed by atoms with Crippen LogP contribution in [0.4, 0.5) is 0 Å². The minimum absolute atomic E-state index is 0.647. The first kappa shape index (κ1) is 10.1. The summed E-state index contributed by atoms with van der Waals surface area (Å²) in [5.41, 5.74) is 4.59. The summed E-state index contributed by atoms with van der Waals surface area (Å²) in [7, 11) is 0. The smallest absolute Gasteiger partial charge is 0.0278 e. The zero-order valence-electron chi connectivity index (χ0n) is 9.37. The van der Waals surface area contributed by atoms with Crippen LogP contribution in [0.1, 0.15) is 60.8 Å². The van der Waals surface area contributed by atoms with Crippen LogP contribution in [-0.2, 0) is 0 Å². The second kappa shape index (κ2) is 3.62. The second-order valence-electron chi connectivity index (χ2n) is 4.46. The molecule has 0 saturated carbocycles. The maximum atomic E-state index is 2.40. The standard InChI is InChI=1S/C13H18S/c1-8(2)11-5-6-12-9(3)14-10(4)13(12)7-11/h5-10H,1-4H3. The third-order valence-electron chi connectivity index (χ3n) is 3.06. The fraction of sp³-hybridized carbons (Fsp3) is 0.538. The molecule has 76 valence electrons. The van der Waals surface area contributed by atoms with Gasteiger partial charge in [-0.2, -0.15) is 0 Å². The summed E-state index contributed by atoms with van der Waals surface area (Å²) >= 11 is 2.07. The summed E-state index contributed by atoms with van der Waals surface area (Å²) < 4.78 is 0. The lowest BCUT2D eigenvalue weighted by molar-refractivity contribution is 0.860. The van der Waals surface area contributed by atoms with E-state index in [1.54, 1.807) is 11.1 Å². The molecular formula is C13H18S. The molecule has 1 heteroatoms. The Morgan fingerprint density at radius 1 is 1.07 bits per heavy atom. The van der Waals surface area contributed by atoms with Crippen molar-refractivity contribution in [3.63, 3.8) is 0 Å². The summed E-state index contributed by atoms with van der Waals surface area (Å²) in [5.74, 6) is 0.647. The van der Waals surface area contributed by atoms with Crippen molar-refractivity contribution in [2.24, 2.45) is 0 Å². The van der Waals surface area contributed by atoms with Crippen LogP contribution >= 0.6 is 11.8 Å². The SMILES string of the molecule is CC(C)c1ccc2c(c1)C(C)SC2C. The van der Waals surface area contributed by atoms with Crippen LogP contribution in [0.3, 0.4) is 0 Å². The van der Waals surface area contributed by atoms with Crippen LogP contribution in [0.15, 0.2) is 18.2 Å². The van der Waals surface area contributed by atoms with Crippen molar-refractivity contribution >= 4 is 11.8 Å². The summed E-state index contributed by atoms with van der Waals surface area (Å²) in [6.07, 6.45) is 0. The molecule has 14 heavy (non-hydrogen) atoms. The zero-order chi connectivity index (χ0) is 10.3. The molecule has 1 aromatic rings. The molecular weight excluding hydrogens is 188 g/mol. The summed E-state index contributed by atoms with van der Waals surface area (Å²) in [6, 6.07) is 7.02. The van der Waals surface area contributed by atoms with Crippen molar-refractivity contribution in [2.45, 2.75) is 44.1 Å². The maximum absolute atomic E-state index is 2.40. The molecule has 0 radical (unpaired) electrons. The van der Waals surface area contributed by atoms with Crippen molar-refractivity contribution in [3.8, 4) is 0 Å². The van der Waals surface area contributed by atoms with Gasteiger partial charge in [-0.1, -0.05) is 32.0 Å². The minimum atomic E-state index is 0.647. The van der Waals surface area contributed by atoms with Gasteiger partial charge < -0.3 is 0 Å². The first-order chi connectivity index (χ1) is 6.59. The molecule has 0 spiro atoms. The van der Waals surface area contributed by atoms with Crippen LogP contribution in [0, 0.1) is 0 Å². The van der Waals surface area contributed by atoms with Gasteiger partial charge >= 0.3 is 0 Å². The van der Waals surface area contributed by atoms with E-state index in [-0.39, 0.29) is 0 Å². The van der Waals surface area contributed by atoms with Crippen molar-refractivity contribution < 1.29 is 0 Å². The predicted octanol–water partition coefficient (Wildman–Crippen LogP) is 4.68. The van der Waals surface area contributed by atoms with Gasteiger partial charge in [0, 0.05) is 10.5 Å². The zero-order valence-corrected chi connectivity index (χ0v) is 10.2. The Labute approximate surface area is 91.1 Å². The van der Waals surface area contributed by atoms with E-state index in [1.807, 2.05) is 0 Å². The van der Waals surface area contributed by atoms with Gasteiger partial charge in [0.2, 0.25) is 0 Å². The highest BCUT2D eigenvalue weighted by Gasteiger charge is 2.25. The highest BCUT2D eigenvalue weighted by atomic mass is 32.2. The highest BCUT2D eigenvalue weighted by molar-refractivity contribution is 8.00. The predicted molar refractivity (Wildman–Crippen MR) is 65.0 cm³/mol. The first-order valence-corrected chi connectivity index (χ1v) is 6.33. The molecule has 0 nitrogen and oxygen atoms in total. The van der Waals surface area contributed by atoms with Crippen molar-refractivity contribution in [1.29, 1.82) is 0 Å². The molecule has 2 unspecified atom stereocenters. The fourth-order valence-corrected chi connectivity index (χ4v) is 3.45. The lowest BCUT2D eigenvalue weighted by Crippen LogP contribution is -1.92. The normalized spacial score (nSPS) is 25.5. The van der Waals surface area contributed by atoms with Crippen LogP contribution in [0.25, 0.3) is 0 Å². The quantitative estimate of drug-likeness (QED) is 0.643. The fourth-order valence-electron chi connectivity index (χ4n) is 2.13. The maximum Gasteiger partial charge on any atom is 0.0278 e. The Bertz CT molecular complexity index is 341. The Balaban J connectivity index is 2.45. The van der Waals surface area contributed by atoms with Crippen LogP contribution in [-0.4, -0.2) is 0 Å². The number of rotatable bonds is 1. The van der Waals surface area contributed by atoms with Gasteiger partial charge in [0.25, 0.3) is 0 Å². The Morgan fingerprint density at radius 2 is 1.71 bits per heavy atom. The molecule has 0 saturated heterocycles. The van der Waals surface area contributed by atoms with E-state index >= 15 is 0 Å². The molecule has 1 aromatic carbocycles. The van der Waals surface area contributed by atoms with Gasteiger partial charge in [-0.15, -0.1) is 11.8 Å².